The highest BCUT2D eigenvalue weighted by Gasteiger charge is 2.17. The molecule has 0 atom stereocenters. The molecule has 0 aliphatic carbocycles. The lowest BCUT2D eigenvalue weighted by Crippen LogP contribution is -2.32. The van der Waals surface area contributed by atoms with Crippen LogP contribution in [0.5, 0.6) is 0 Å². The molecule has 0 fully saturated rings. The van der Waals surface area contributed by atoms with Gasteiger partial charge in [0.1, 0.15) is 4.47 Å². The largest absolute Gasteiger partial charge is 0.399 e. The van der Waals surface area contributed by atoms with Gasteiger partial charge >= 0.3 is 0 Å². The zero-order valence-corrected chi connectivity index (χ0v) is 13.0. The SMILES string of the molecule is CC(C)N(Cc1cccc(N)c1)c1nc[nH]c(=O)c1Br. The fraction of sp³-hybridized carbons (Fsp3) is 0.286. The van der Waals surface area contributed by atoms with Gasteiger partial charge in [-0.2, -0.15) is 0 Å². The number of aromatic amines is 1. The quantitative estimate of drug-likeness (QED) is 0.841. The molecule has 2 rings (SSSR count). The van der Waals surface area contributed by atoms with E-state index in [0.717, 1.165) is 11.3 Å². The molecule has 20 heavy (non-hydrogen) atoms. The molecule has 0 radical (unpaired) electrons. The van der Waals surface area contributed by atoms with Gasteiger partial charge in [0.25, 0.3) is 5.56 Å². The Morgan fingerprint density at radius 3 is 2.85 bits per heavy atom. The number of hydrogen-bond donors (Lipinski definition) is 2. The third-order valence-corrected chi connectivity index (χ3v) is 3.69. The minimum Gasteiger partial charge on any atom is -0.399 e. The molecule has 5 nitrogen and oxygen atoms in total. The Morgan fingerprint density at radius 1 is 1.45 bits per heavy atom. The monoisotopic (exact) mass is 336 g/mol. The number of nitrogens with two attached hydrogens (primary N) is 1. The standard InChI is InChI=1S/C14H17BrN4O/c1-9(2)19(7-10-4-3-5-11(16)6-10)13-12(15)14(20)18-8-17-13/h3-6,8-9H,7,16H2,1-2H3,(H,17,18,20). The van der Waals surface area contributed by atoms with Gasteiger partial charge in [0.05, 0.1) is 6.33 Å². The zero-order chi connectivity index (χ0) is 14.7. The molecule has 3 N–H and O–H groups in total. The van der Waals surface area contributed by atoms with E-state index in [-0.39, 0.29) is 11.6 Å². The van der Waals surface area contributed by atoms with E-state index in [1.165, 1.54) is 6.33 Å². The summed E-state index contributed by atoms with van der Waals surface area (Å²) in [5.41, 5.74) is 7.42. The molecule has 0 bridgehead atoms. The first kappa shape index (κ1) is 14.6. The summed E-state index contributed by atoms with van der Waals surface area (Å²) >= 11 is 3.30. The Labute approximate surface area is 126 Å². The number of hydrogen-bond acceptors (Lipinski definition) is 4. The molecule has 0 aliphatic rings. The maximum absolute atomic E-state index is 11.7. The maximum Gasteiger partial charge on any atom is 0.267 e. The minimum absolute atomic E-state index is 0.187. The number of rotatable bonds is 4. The molecule has 2 aromatic rings. The Bertz CT molecular complexity index is 654. The van der Waals surface area contributed by atoms with E-state index in [1.54, 1.807) is 0 Å². The van der Waals surface area contributed by atoms with Gasteiger partial charge in [0, 0.05) is 18.3 Å². The first-order chi connectivity index (χ1) is 9.49. The molecule has 0 spiro atoms. The van der Waals surface area contributed by atoms with Crippen molar-refractivity contribution in [2.75, 3.05) is 10.6 Å². The van der Waals surface area contributed by atoms with Gasteiger partial charge in [-0.1, -0.05) is 12.1 Å². The van der Waals surface area contributed by atoms with Crippen molar-refractivity contribution in [3.8, 4) is 0 Å². The van der Waals surface area contributed by atoms with Crippen molar-refractivity contribution < 1.29 is 0 Å². The first-order valence-electron chi connectivity index (χ1n) is 6.33. The van der Waals surface area contributed by atoms with E-state index in [0.29, 0.717) is 16.8 Å². The summed E-state index contributed by atoms with van der Waals surface area (Å²) in [7, 11) is 0. The maximum atomic E-state index is 11.7. The molecule has 106 valence electrons. The molecule has 6 heteroatoms. The van der Waals surface area contributed by atoms with Crippen molar-refractivity contribution >= 4 is 27.4 Å². The highest BCUT2D eigenvalue weighted by Crippen LogP contribution is 2.23. The molecule has 0 saturated carbocycles. The Hall–Kier alpha value is -1.82. The lowest BCUT2D eigenvalue weighted by molar-refractivity contribution is 0.668. The van der Waals surface area contributed by atoms with Gasteiger partial charge in [-0.15, -0.1) is 0 Å². The molecule has 0 amide bonds. The van der Waals surface area contributed by atoms with Crippen molar-refractivity contribution in [1.82, 2.24) is 9.97 Å². The van der Waals surface area contributed by atoms with E-state index >= 15 is 0 Å². The summed E-state index contributed by atoms with van der Waals surface area (Å²) in [4.78, 5) is 20.6. The van der Waals surface area contributed by atoms with Crippen LogP contribution < -0.4 is 16.2 Å². The highest BCUT2D eigenvalue weighted by atomic mass is 79.9. The molecular weight excluding hydrogens is 320 g/mol. The van der Waals surface area contributed by atoms with E-state index in [4.69, 9.17) is 5.73 Å². The van der Waals surface area contributed by atoms with E-state index in [1.807, 2.05) is 29.2 Å². The number of benzene rings is 1. The molecule has 0 saturated heterocycles. The second-order valence-electron chi connectivity index (χ2n) is 4.84. The van der Waals surface area contributed by atoms with E-state index in [2.05, 4.69) is 39.7 Å². The highest BCUT2D eigenvalue weighted by molar-refractivity contribution is 9.10. The van der Waals surface area contributed by atoms with Gasteiger partial charge in [0.2, 0.25) is 0 Å². The lowest BCUT2D eigenvalue weighted by atomic mass is 10.1. The van der Waals surface area contributed by atoms with Crippen LogP contribution in [0.3, 0.4) is 0 Å². The molecule has 0 aliphatic heterocycles. The fourth-order valence-corrected chi connectivity index (χ4v) is 2.41. The average molecular weight is 337 g/mol. The van der Waals surface area contributed by atoms with Gasteiger partial charge in [0.15, 0.2) is 5.82 Å². The predicted octanol–water partition coefficient (Wildman–Crippen LogP) is 2.53. The number of nitrogens with one attached hydrogen (secondary N) is 1. The van der Waals surface area contributed by atoms with Gasteiger partial charge in [-0.25, -0.2) is 4.98 Å². The summed E-state index contributed by atoms with van der Waals surface area (Å²) in [5, 5.41) is 0. The molecule has 0 unspecified atom stereocenters. The van der Waals surface area contributed by atoms with Crippen LogP contribution in [0.25, 0.3) is 0 Å². The second kappa shape index (κ2) is 6.09. The number of halogens is 1. The van der Waals surface area contributed by atoms with Gasteiger partial charge in [-0.05, 0) is 47.5 Å². The van der Waals surface area contributed by atoms with Gasteiger partial charge < -0.3 is 15.6 Å². The summed E-state index contributed by atoms with van der Waals surface area (Å²) in [5.74, 6) is 0.631. The van der Waals surface area contributed by atoms with Crippen LogP contribution in [0.15, 0.2) is 39.9 Å². The second-order valence-corrected chi connectivity index (χ2v) is 5.63. The van der Waals surface area contributed by atoms with Crippen LogP contribution in [0.4, 0.5) is 11.5 Å². The van der Waals surface area contributed by atoms with Crippen molar-refractivity contribution in [1.29, 1.82) is 0 Å². The van der Waals surface area contributed by atoms with Crippen molar-refractivity contribution in [2.24, 2.45) is 0 Å². The van der Waals surface area contributed by atoms with Crippen molar-refractivity contribution in [2.45, 2.75) is 26.4 Å². The van der Waals surface area contributed by atoms with Crippen molar-refractivity contribution in [3.63, 3.8) is 0 Å². The normalized spacial score (nSPS) is 10.8. The molecule has 1 aromatic carbocycles. The predicted molar refractivity (Wildman–Crippen MR) is 84.7 cm³/mol. The van der Waals surface area contributed by atoms with Crippen LogP contribution in [-0.4, -0.2) is 16.0 Å². The third-order valence-electron chi connectivity index (χ3n) is 2.98. The number of nitrogens with zero attached hydrogens (tertiary/aromatic N) is 2. The summed E-state index contributed by atoms with van der Waals surface area (Å²) in [6, 6.07) is 7.90. The minimum atomic E-state index is -0.187. The Morgan fingerprint density at radius 2 is 2.20 bits per heavy atom. The van der Waals surface area contributed by atoms with Crippen LogP contribution >= 0.6 is 15.9 Å². The zero-order valence-electron chi connectivity index (χ0n) is 11.4. The smallest absolute Gasteiger partial charge is 0.267 e. The lowest BCUT2D eigenvalue weighted by Gasteiger charge is -2.28. The first-order valence-corrected chi connectivity index (χ1v) is 7.12. The van der Waals surface area contributed by atoms with Crippen molar-refractivity contribution in [3.05, 3.63) is 51.0 Å². The van der Waals surface area contributed by atoms with E-state index < -0.39 is 0 Å². The summed E-state index contributed by atoms with van der Waals surface area (Å²) in [6.45, 7) is 4.75. The van der Waals surface area contributed by atoms with Gasteiger partial charge in [-0.3, -0.25) is 4.79 Å². The Kier molecular flexibility index (Phi) is 4.44. The number of anilines is 2. The van der Waals surface area contributed by atoms with Crippen LogP contribution in [0.1, 0.15) is 19.4 Å². The van der Waals surface area contributed by atoms with Crippen LogP contribution in [-0.2, 0) is 6.54 Å². The number of H-pyrrole nitrogens is 1. The molecule has 1 heterocycles. The molecular formula is C14H17BrN4O. The fourth-order valence-electron chi connectivity index (χ4n) is 1.96. The number of nitrogen functional groups attached to an aromatic ring is 1. The summed E-state index contributed by atoms with van der Waals surface area (Å²) < 4.78 is 0.442. The molecule has 1 aromatic heterocycles. The van der Waals surface area contributed by atoms with E-state index in [9.17, 15) is 4.79 Å². The topological polar surface area (TPSA) is 75.0 Å². The third kappa shape index (κ3) is 3.19. The summed E-state index contributed by atoms with van der Waals surface area (Å²) in [6.07, 6.45) is 1.41. The average Bonchev–Trinajstić information content (AvgIpc) is 2.39. The number of aromatic nitrogens is 2. The Balaban J connectivity index is 2.37. The van der Waals surface area contributed by atoms with Crippen LogP contribution in [0, 0.1) is 0 Å². The van der Waals surface area contributed by atoms with Crippen LogP contribution in [0.2, 0.25) is 0 Å².